The second kappa shape index (κ2) is 4.53. The van der Waals surface area contributed by atoms with E-state index in [1.165, 1.54) is 6.07 Å². The first-order valence-electron chi connectivity index (χ1n) is 5.97. The van der Waals surface area contributed by atoms with Crippen molar-refractivity contribution in [2.75, 3.05) is 23.7 Å². The maximum absolute atomic E-state index is 13.3. The van der Waals surface area contributed by atoms with E-state index in [-0.39, 0.29) is 17.8 Å². The average Bonchev–Trinajstić information content (AvgIpc) is 2.72. The van der Waals surface area contributed by atoms with Gasteiger partial charge in [-0.3, -0.25) is 0 Å². The number of halogens is 1. The topological polar surface area (TPSA) is 49.5 Å². The Bertz CT molecular complexity index is 420. The molecule has 3 N–H and O–H groups in total. The Morgan fingerprint density at radius 3 is 2.82 bits per heavy atom. The number of hydrogen-bond donors (Lipinski definition) is 2. The lowest BCUT2D eigenvalue weighted by molar-refractivity contribution is 0.136. The number of aliphatic hydroxyl groups is 1. The van der Waals surface area contributed by atoms with Crippen LogP contribution < -0.4 is 10.6 Å². The standard InChI is InChI=1S/C13H19FN2O/c1-8-5-13(12(15)6-11(8)14)16-4-3-10(7-16)9(2)17/h5-6,9-10,17H,3-4,7,15H2,1-2H3. The fourth-order valence-corrected chi connectivity index (χ4v) is 2.36. The van der Waals surface area contributed by atoms with Gasteiger partial charge in [0.2, 0.25) is 0 Å². The number of anilines is 2. The molecule has 3 nitrogen and oxygen atoms in total. The van der Waals surface area contributed by atoms with Crippen molar-refractivity contribution in [3.05, 3.63) is 23.5 Å². The molecule has 0 aromatic heterocycles. The molecular weight excluding hydrogens is 219 g/mol. The number of nitrogen functional groups attached to an aromatic ring is 1. The normalized spacial score (nSPS) is 21.9. The summed E-state index contributed by atoms with van der Waals surface area (Å²) in [6.07, 6.45) is 0.649. The maximum Gasteiger partial charge on any atom is 0.128 e. The highest BCUT2D eigenvalue weighted by molar-refractivity contribution is 5.69. The van der Waals surface area contributed by atoms with E-state index in [0.717, 1.165) is 25.2 Å². The summed E-state index contributed by atoms with van der Waals surface area (Å²) in [5, 5.41) is 9.57. The molecule has 94 valence electrons. The SMILES string of the molecule is Cc1cc(N2CCC(C(C)O)C2)c(N)cc1F. The van der Waals surface area contributed by atoms with E-state index in [4.69, 9.17) is 5.73 Å². The first-order valence-corrected chi connectivity index (χ1v) is 5.97. The molecule has 0 saturated carbocycles. The van der Waals surface area contributed by atoms with Gasteiger partial charge in [0, 0.05) is 19.0 Å². The predicted molar refractivity (Wildman–Crippen MR) is 67.6 cm³/mol. The van der Waals surface area contributed by atoms with Crippen molar-refractivity contribution >= 4 is 11.4 Å². The van der Waals surface area contributed by atoms with E-state index in [9.17, 15) is 9.50 Å². The Morgan fingerprint density at radius 1 is 1.53 bits per heavy atom. The van der Waals surface area contributed by atoms with Crippen LogP contribution >= 0.6 is 0 Å². The van der Waals surface area contributed by atoms with Crippen molar-refractivity contribution in [2.45, 2.75) is 26.4 Å². The number of benzene rings is 1. The van der Waals surface area contributed by atoms with E-state index < -0.39 is 0 Å². The molecule has 0 radical (unpaired) electrons. The summed E-state index contributed by atoms with van der Waals surface area (Å²) in [7, 11) is 0. The van der Waals surface area contributed by atoms with E-state index >= 15 is 0 Å². The molecule has 4 heteroatoms. The molecule has 2 rings (SSSR count). The molecule has 1 saturated heterocycles. The molecule has 1 aromatic carbocycles. The lowest BCUT2D eigenvalue weighted by Gasteiger charge is -2.22. The van der Waals surface area contributed by atoms with E-state index in [1.807, 2.05) is 6.92 Å². The summed E-state index contributed by atoms with van der Waals surface area (Å²) >= 11 is 0. The summed E-state index contributed by atoms with van der Waals surface area (Å²) in [4.78, 5) is 2.12. The summed E-state index contributed by atoms with van der Waals surface area (Å²) in [5.74, 6) is 0.0114. The molecular formula is C13H19FN2O. The van der Waals surface area contributed by atoms with Gasteiger partial charge in [-0.2, -0.15) is 0 Å². The second-order valence-electron chi connectivity index (χ2n) is 4.90. The first-order chi connectivity index (χ1) is 7.99. The van der Waals surface area contributed by atoms with Crippen LogP contribution in [-0.2, 0) is 0 Å². The predicted octanol–water partition coefficient (Wildman–Crippen LogP) is 1.92. The molecule has 0 amide bonds. The molecule has 1 aliphatic heterocycles. The molecule has 0 aliphatic carbocycles. The molecule has 1 aliphatic rings. The van der Waals surface area contributed by atoms with Gasteiger partial charge in [-0.1, -0.05) is 0 Å². The molecule has 1 heterocycles. The highest BCUT2D eigenvalue weighted by Gasteiger charge is 2.27. The Morgan fingerprint density at radius 2 is 2.24 bits per heavy atom. The van der Waals surface area contributed by atoms with E-state index in [1.54, 1.807) is 13.0 Å². The minimum atomic E-state index is -0.303. The number of aryl methyl sites for hydroxylation is 1. The number of hydrogen-bond acceptors (Lipinski definition) is 3. The number of nitrogens with two attached hydrogens (primary N) is 1. The van der Waals surface area contributed by atoms with Crippen LogP contribution in [0.5, 0.6) is 0 Å². The monoisotopic (exact) mass is 238 g/mol. The van der Waals surface area contributed by atoms with Crippen LogP contribution in [0.4, 0.5) is 15.8 Å². The van der Waals surface area contributed by atoms with Crippen molar-refractivity contribution in [3.63, 3.8) is 0 Å². The van der Waals surface area contributed by atoms with Crippen molar-refractivity contribution < 1.29 is 9.50 Å². The molecule has 2 atom stereocenters. The molecule has 2 unspecified atom stereocenters. The van der Waals surface area contributed by atoms with Gasteiger partial charge in [-0.15, -0.1) is 0 Å². The molecule has 0 spiro atoms. The maximum atomic E-state index is 13.3. The summed E-state index contributed by atoms with van der Waals surface area (Å²) < 4.78 is 13.3. The van der Waals surface area contributed by atoms with Gasteiger partial charge in [0.05, 0.1) is 17.5 Å². The zero-order valence-electron chi connectivity index (χ0n) is 10.3. The van der Waals surface area contributed by atoms with Crippen molar-refractivity contribution in [2.24, 2.45) is 5.92 Å². The van der Waals surface area contributed by atoms with Gasteiger partial charge in [0.1, 0.15) is 5.82 Å². The third-order valence-electron chi connectivity index (χ3n) is 3.56. The van der Waals surface area contributed by atoms with Crippen molar-refractivity contribution in [1.82, 2.24) is 0 Å². The zero-order chi connectivity index (χ0) is 12.6. The highest BCUT2D eigenvalue weighted by atomic mass is 19.1. The average molecular weight is 238 g/mol. The summed E-state index contributed by atoms with van der Waals surface area (Å²) in [6.45, 7) is 5.20. The van der Waals surface area contributed by atoms with Gasteiger partial charge >= 0.3 is 0 Å². The van der Waals surface area contributed by atoms with Crippen LogP contribution in [-0.4, -0.2) is 24.3 Å². The minimum absolute atomic E-state index is 0.266. The third kappa shape index (κ3) is 2.36. The summed E-state index contributed by atoms with van der Waals surface area (Å²) in [5.41, 5.74) is 7.81. The van der Waals surface area contributed by atoms with Gasteiger partial charge in [-0.05, 0) is 38.0 Å². The van der Waals surface area contributed by atoms with Gasteiger partial charge < -0.3 is 15.7 Å². The quantitative estimate of drug-likeness (QED) is 0.774. The van der Waals surface area contributed by atoms with E-state index in [2.05, 4.69) is 4.90 Å². The molecule has 1 aromatic rings. The van der Waals surface area contributed by atoms with Crippen LogP contribution in [0.15, 0.2) is 12.1 Å². The fourth-order valence-electron chi connectivity index (χ4n) is 2.36. The Kier molecular flexibility index (Phi) is 3.24. The Balaban J connectivity index is 2.22. The number of nitrogens with zero attached hydrogens (tertiary/aromatic N) is 1. The molecule has 17 heavy (non-hydrogen) atoms. The van der Waals surface area contributed by atoms with Crippen LogP contribution in [0.3, 0.4) is 0 Å². The second-order valence-corrected chi connectivity index (χ2v) is 4.90. The van der Waals surface area contributed by atoms with Crippen LogP contribution in [0.1, 0.15) is 18.9 Å². The largest absolute Gasteiger partial charge is 0.397 e. The van der Waals surface area contributed by atoms with Gasteiger partial charge in [-0.25, -0.2) is 4.39 Å². The molecule has 0 bridgehead atoms. The molecule has 1 fully saturated rings. The smallest absolute Gasteiger partial charge is 0.128 e. The first kappa shape index (κ1) is 12.2. The van der Waals surface area contributed by atoms with Crippen molar-refractivity contribution in [3.8, 4) is 0 Å². The van der Waals surface area contributed by atoms with Gasteiger partial charge in [0.15, 0.2) is 0 Å². The third-order valence-corrected chi connectivity index (χ3v) is 3.56. The number of aliphatic hydroxyl groups excluding tert-OH is 1. The minimum Gasteiger partial charge on any atom is -0.397 e. The Labute approximate surface area is 101 Å². The van der Waals surface area contributed by atoms with Crippen LogP contribution in [0.25, 0.3) is 0 Å². The zero-order valence-corrected chi connectivity index (χ0v) is 10.3. The number of rotatable bonds is 2. The van der Waals surface area contributed by atoms with Crippen molar-refractivity contribution in [1.29, 1.82) is 0 Å². The lowest BCUT2D eigenvalue weighted by atomic mass is 10.0. The highest BCUT2D eigenvalue weighted by Crippen LogP contribution is 2.31. The summed E-state index contributed by atoms with van der Waals surface area (Å²) in [6, 6.07) is 3.16. The fraction of sp³-hybridized carbons (Fsp3) is 0.538. The van der Waals surface area contributed by atoms with Crippen LogP contribution in [0.2, 0.25) is 0 Å². The lowest BCUT2D eigenvalue weighted by Crippen LogP contribution is -2.24. The van der Waals surface area contributed by atoms with Gasteiger partial charge in [0.25, 0.3) is 0 Å². The Hall–Kier alpha value is -1.29. The van der Waals surface area contributed by atoms with Crippen LogP contribution in [0, 0.1) is 18.7 Å². The van der Waals surface area contributed by atoms with E-state index in [0.29, 0.717) is 11.3 Å².